The molecule has 8 N–H and O–H groups in total. The van der Waals surface area contributed by atoms with Crippen molar-refractivity contribution in [3.63, 3.8) is 0 Å². The highest BCUT2D eigenvalue weighted by atomic mass is 32.2. The van der Waals surface area contributed by atoms with Gasteiger partial charge < -0.3 is 32.2 Å². The Balaban J connectivity index is 0.00000181. The van der Waals surface area contributed by atoms with Gasteiger partial charge in [-0.25, -0.2) is 8.78 Å². The van der Waals surface area contributed by atoms with E-state index in [4.69, 9.17) is 21.9 Å². The van der Waals surface area contributed by atoms with Crippen molar-refractivity contribution >= 4 is 23.2 Å². The number of aromatic nitrogens is 1. The number of amides is 1. The largest absolute Gasteiger partial charge is 0.495 e. The smallest absolute Gasteiger partial charge is 0.262 e. The summed E-state index contributed by atoms with van der Waals surface area (Å²) in [5.41, 5.74) is 17.9. The zero-order chi connectivity index (χ0) is 29.7. The van der Waals surface area contributed by atoms with Crippen LogP contribution in [-0.2, 0) is 4.74 Å². The van der Waals surface area contributed by atoms with Gasteiger partial charge in [0.15, 0.2) is 0 Å². The number of nitrogens with one attached hydrogen (secondary N) is 2. The number of thioether (sulfide) groups is 1. The molecule has 3 unspecified atom stereocenters. The van der Waals surface area contributed by atoms with Crippen molar-refractivity contribution in [2.45, 2.75) is 70.0 Å². The number of likely N-dealkylation sites (N-methyl/N-ethyl adjacent to an activating group) is 1. The van der Waals surface area contributed by atoms with Crippen molar-refractivity contribution in [2.24, 2.45) is 23.1 Å². The van der Waals surface area contributed by atoms with Crippen LogP contribution in [0.2, 0.25) is 0 Å². The Bertz CT molecular complexity index is 1050. The third-order valence-electron chi connectivity index (χ3n) is 5.49. The molecule has 0 spiro atoms. The number of halogens is 2. The van der Waals surface area contributed by atoms with Crippen molar-refractivity contribution in [1.82, 2.24) is 20.5 Å². The van der Waals surface area contributed by atoms with Gasteiger partial charge in [0.25, 0.3) is 12.3 Å². The predicted molar refractivity (Wildman–Crippen MR) is 155 cm³/mol. The van der Waals surface area contributed by atoms with E-state index in [0.717, 1.165) is 12.8 Å². The van der Waals surface area contributed by atoms with Gasteiger partial charge in [-0.05, 0) is 32.0 Å². The molecule has 218 valence electrons. The lowest BCUT2D eigenvalue weighted by Crippen LogP contribution is -2.42. The molecule has 3 rings (SSSR count). The van der Waals surface area contributed by atoms with Crippen LogP contribution >= 0.6 is 11.8 Å². The van der Waals surface area contributed by atoms with E-state index in [1.165, 1.54) is 55.4 Å². The Morgan fingerprint density at radius 3 is 2.38 bits per heavy atom. The summed E-state index contributed by atoms with van der Waals surface area (Å²) < 4.78 is 32.8. The lowest BCUT2D eigenvalue weighted by Gasteiger charge is -2.30. The van der Waals surface area contributed by atoms with Crippen molar-refractivity contribution in [2.75, 3.05) is 21.2 Å². The van der Waals surface area contributed by atoms with Crippen molar-refractivity contribution in [1.29, 1.82) is 0 Å². The van der Waals surface area contributed by atoms with Gasteiger partial charge in [0.1, 0.15) is 22.7 Å². The molecule has 0 radical (unpaired) electrons. The Hall–Kier alpha value is -2.69. The van der Waals surface area contributed by atoms with Gasteiger partial charge in [-0.2, -0.15) is 0 Å². The van der Waals surface area contributed by atoms with Crippen LogP contribution in [0.3, 0.4) is 0 Å². The molecule has 2 heterocycles. The summed E-state index contributed by atoms with van der Waals surface area (Å²) in [6.07, 6.45) is 2.71. The summed E-state index contributed by atoms with van der Waals surface area (Å²) in [4.78, 5) is 18.7. The fourth-order valence-corrected chi connectivity index (χ4v) is 4.13. The van der Waals surface area contributed by atoms with E-state index in [0.29, 0.717) is 22.8 Å². The van der Waals surface area contributed by atoms with E-state index in [-0.39, 0.29) is 16.6 Å². The molecule has 1 aliphatic heterocycles. The number of carbonyl (C=O) groups is 1. The molecule has 2 aliphatic rings. The number of hydrogen-bond acceptors (Lipinski definition) is 9. The second kappa shape index (κ2) is 17.1. The van der Waals surface area contributed by atoms with Crippen LogP contribution in [0.25, 0.3) is 5.57 Å². The van der Waals surface area contributed by atoms with Crippen LogP contribution in [0, 0.1) is 17.8 Å². The Labute approximate surface area is 235 Å². The number of nitrogens with two attached hydrogens (primary N) is 3. The number of allylic oxidation sites excluding steroid dienone is 1. The summed E-state index contributed by atoms with van der Waals surface area (Å²) in [6, 6.07) is 0.282. The minimum Gasteiger partial charge on any atom is -0.495 e. The standard InChI is InChI=1S/C23H31F2N7O2S.2C2H6/c1-29-19(7-6-12-4-5-12)35-23(28)31-22(33)15-10-30-16(21(26)27)8-13(15)14-9-17(20(24)25)32(2)11-18(14)34-3;2*1-2/h8-12,17,19-21,23,29H,4-5,26-28H2,1-3H3,(H,31,33);2*1-2H3. The predicted octanol–water partition coefficient (Wildman–Crippen LogP) is 3.16. The second-order valence-corrected chi connectivity index (χ2v) is 9.46. The number of ether oxygens (including phenoxy) is 1. The summed E-state index contributed by atoms with van der Waals surface area (Å²) in [6.45, 7) is 8.00. The monoisotopic (exact) mass is 567 g/mol. The van der Waals surface area contributed by atoms with E-state index in [1.807, 2.05) is 27.7 Å². The average Bonchev–Trinajstić information content (AvgIpc) is 3.77. The number of nitrogens with zero attached hydrogens (tertiary/aromatic N) is 2. The first-order valence-electron chi connectivity index (χ1n) is 13.0. The number of methoxy groups -OCH3 is 1. The number of rotatable bonds is 9. The normalized spacial score (nSPS) is 17.8. The molecular weight excluding hydrogens is 524 g/mol. The molecule has 1 aromatic heterocycles. The third kappa shape index (κ3) is 10.1. The van der Waals surface area contributed by atoms with E-state index in [9.17, 15) is 13.6 Å². The van der Waals surface area contributed by atoms with Gasteiger partial charge >= 0.3 is 0 Å². The maximum absolute atomic E-state index is 13.7. The second-order valence-electron chi connectivity index (χ2n) is 8.21. The average molecular weight is 568 g/mol. The molecular formula is C27H43F2N7O2S. The highest BCUT2D eigenvalue weighted by molar-refractivity contribution is 8.00. The maximum Gasteiger partial charge on any atom is 0.262 e. The first kappa shape index (κ1) is 34.3. The van der Waals surface area contributed by atoms with Gasteiger partial charge in [0, 0.05) is 36.5 Å². The summed E-state index contributed by atoms with van der Waals surface area (Å²) in [5, 5.41) is 5.50. The molecule has 39 heavy (non-hydrogen) atoms. The SMILES string of the molecule is CC.CC.CNC(C#CC1CC1)SC(N)NC(=O)c1cnc(C(N)N)cc1C1=CC(C(F)F)N(C)C=C1OC. The number of pyridine rings is 1. The molecule has 1 amide bonds. The quantitative estimate of drug-likeness (QED) is 0.224. The van der Waals surface area contributed by atoms with Gasteiger partial charge in [0.05, 0.1) is 24.5 Å². The molecule has 1 aromatic rings. The van der Waals surface area contributed by atoms with Gasteiger partial charge in [-0.15, -0.1) is 0 Å². The lowest BCUT2D eigenvalue weighted by molar-refractivity contribution is 0.0780. The fourth-order valence-electron chi connectivity index (χ4n) is 3.39. The first-order chi connectivity index (χ1) is 18.6. The van der Waals surface area contributed by atoms with Crippen LogP contribution in [0.4, 0.5) is 8.78 Å². The van der Waals surface area contributed by atoms with Gasteiger partial charge in [0.2, 0.25) is 0 Å². The zero-order valence-electron chi connectivity index (χ0n) is 23.8. The van der Waals surface area contributed by atoms with Crippen molar-refractivity contribution in [3.05, 3.63) is 47.1 Å². The Kier molecular flexibility index (Phi) is 15.1. The summed E-state index contributed by atoms with van der Waals surface area (Å²) in [5.74, 6) is 6.47. The minimum absolute atomic E-state index is 0.113. The lowest BCUT2D eigenvalue weighted by atomic mass is 9.94. The van der Waals surface area contributed by atoms with E-state index in [2.05, 4.69) is 27.5 Å². The Morgan fingerprint density at radius 2 is 1.87 bits per heavy atom. The van der Waals surface area contributed by atoms with Crippen molar-refractivity contribution in [3.8, 4) is 11.8 Å². The molecule has 1 fully saturated rings. The highest BCUT2D eigenvalue weighted by Crippen LogP contribution is 2.33. The first-order valence-corrected chi connectivity index (χ1v) is 14.0. The minimum atomic E-state index is -2.67. The topological polar surface area (TPSA) is 145 Å². The molecule has 1 saturated carbocycles. The van der Waals surface area contributed by atoms with Crippen LogP contribution in [0.1, 0.15) is 68.3 Å². The number of carbonyl (C=O) groups excluding carboxylic acids is 1. The molecule has 0 bridgehead atoms. The number of alkyl halides is 2. The number of hydrogen-bond donors (Lipinski definition) is 5. The van der Waals surface area contributed by atoms with E-state index in [1.54, 1.807) is 7.05 Å². The summed E-state index contributed by atoms with van der Waals surface area (Å²) >= 11 is 1.24. The maximum atomic E-state index is 13.7. The van der Waals surface area contributed by atoms with Crippen LogP contribution in [0.15, 0.2) is 30.3 Å². The summed E-state index contributed by atoms with van der Waals surface area (Å²) in [7, 11) is 4.69. The molecule has 1 aliphatic carbocycles. The van der Waals surface area contributed by atoms with E-state index < -0.39 is 30.0 Å². The van der Waals surface area contributed by atoms with E-state index >= 15 is 0 Å². The fraction of sp³-hybridized carbons (Fsp3) is 0.556. The molecule has 12 heteroatoms. The van der Waals surface area contributed by atoms with Crippen LogP contribution in [-0.4, -0.2) is 60.3 Å². The zero-order valence-corrected chi connectivity index (χ0v) is 24.6. The third-order valence-corrected chi connectivity index (χ3v) is 6.52. The van der Waals surface area contributed by atoms with Crippen molar-refractivity contribution < 1.29 is 18.3 Å². The highest BCUT2D eigenvalue weighted by Gasteiger charge is 2.30. The van der Waals surface area contributed by atoms with Crippen LogP contribution < -0.4 is 27.8 Å². The van der Waals surface area contributed by atoms with Gasteiger partial charge in [-0.3, -0.25) is 15.1 Å². The molecule has 0 saturated heterocycles. The molecule has 3 atom stereocenters. The molecule has 9 nitrogen and oxygen atoms in total. The van der Waals surface area contributed by atoms with Crippen LogP contribution in [0.5, 0.6) is 0 Å². The van der Waals surface area contributed by atoms with Gasteiger partial charge in [-0.1, -0.05) is 51.3 Å². The Morgan fingerprint density at radius 1 is 1.23 bits per heavy atom. The molecule has 0 aromatic carbocycles.